The topological polar surface area (TPSA) is 38.8 Å². The monoisotopic (exact) mass is 469 g/mol. The molecule has 3 aromatic rings. The van der Waals surface area contributed by atoms with E-state index in [1.807, 2.05) is 59.5 Å². The number of anilines is 1. The molecule has 0 aromatic heterocycles. The van der Waals surface area contributed by atoms with E-state index in [1.54, 1.807) is 18.9 Å². The Morgan fingerprint density at radius 3 is 2.38 bits per heavy atom. The van der Waals surface area contributed by atoms with Crippen LogP contribution in [0.2, 0.25) is 0 Å². The average molecular weight is 470 g/mol. The quantitative estimate of drug-likeness (QED) is 0.370. The number of hydrogen-bond donors (Lipinski definition) is 0. The van der Waals surface area contributed by atoms with Gasteiger partial charge in [0.25, 0.3) is 5.91 Å². The lowest BCUT2D eigenvalue weighted by atomic mass is 9.85. The van der Waals surface area contributed by atoms with Crippen LogP contribution in [-0.2, 0) is 16.1 Å². The number of aryl methyl sites for hydroxylation is 1. The van der Waals surface area contributed by atoms with Gasteiger partial charge in [0.05, 0.1) is 19.8 Å². The summed E-state index contributed by atoms with van der Waals surface area (Å²) in [7, 11) is 1.64. The van der Waals surface area contributed by atoms with Gasteiger partial charge in [0.15, 0.2) is 6.10 Å². The zero-order chi connectivity index (χ0) is 23.5. The van der Waals surface area contributed by atoms with Crippen LogP contribution in [0.4, 0.5) is 5.69 Å². The molecule has 1 aliphatic carbocycles. The van der Waals surface area contributed by atoms with Gasteiger partial charge < -0.3 is 14.4 Å². The predicted molar refractivity (Wildman–Crippen MR) is 137 cm³/mol. The van der Waals surface area contributed by atoms with Crippen LogP contribution in [0.15, 0.2) is 107 Å². The van der Waals surface area contributed by atoms with E-state index in [-0.39, 0.29) is 17.9 Å². The summed E-state index contributed by atoms with van der Waals surface area (Å²) in [5.41, 5.74) is 3.16. The third-order valence-corrected chi connectivity index (χ3v) is 7.40. The summed E-state index contributed by atoms with van der Waals surface area (Å²) in [5.74, 6) is 0.819. The van der Waals surface area contributed by atoms with Gasteiger partial charge in [-0.25, -0.2) is 0 Å². The lowest BCUT2D eigenvalue weighted by molar-refractivity contribution is -0.144. The third kappa shape index (κ3) is 4.54. The number of ether oxygens (including phenoxy) is 2. The molecule has 1 amide bonds. The van der Waals surface area contributed by atoms with Crippen LogP contribution in [0, 0.1) is 12.8 Å². The molecule has 34 heavy (non-hydrogen) atoms. The minimum atomic E-state index is -0.503. The van der Waals surface area contributed by atoms with E-state index in [0.717, 1.165) is 17.0 Å². The molecule has 1 saturated heterocycles. The van der Waals surface area contributed by atoms with Crippen molar-refractivity contribution >= 4 is 23.4 Å². The molecule has 1 fully saturated rings. The number of methoxy groups -OCH3 is 1. The van der Waals surface area contributed by atoms with Gasteiger partial charge in [0, 0.05) is 16.5 Å². The Balaban J connectivity index is 1.40. The highest BCUT2D eigenvalue weighted by Crippen LogP contribution is 2.45. The highest BCUT2D eigenvalue weighted by molar-refractivity contribution is 8.03. The zero-order valence-electron chi connectivity index (χ0n) is 19.3. The van der Waals surface area contributed by atoms with Crippen molar-refractivity contribution in [2.45, 2.75) is 30.6 Å². The standard InChI is InChI=1S/C29H27NO3S/c1-20-11-17-24(18-12-20)34-26-10-6-9-25(26)27-28(33-19-21-7-4-3-5-8-21)29(31)30(27)22-13-15-23(32-2)16-14-22/h3-18,25,27-28H,19H2,1-2H3/t25?,27-,28+/m0/s1. The Morgan fingerprint density at radius 2 is 1.68 bits per heavy atom. The summed E-state index contributed by atoms with van der Waals surface area (Å²) in [6.45, 7) is 2.50. The number of allylic oxidation sites excluding steroid dienone is 2. The first-order valence-corrected chi connectivity index (χ1v) is 12.2. The van der Waals surface area contributed by atoms with E-state index in [4.69, 9.17) is 9.47 Å². The summed E-state index contributed by atoms with van der Waals surface area (Å²) in [6.07, 6.45) is 5.92. The van der Waals surface area contributed by atoms with Gasteiger partial charge in [-0.3, -0.25) is 4.79 Å². The number of nitrogens with zero attached hydrogens (tertiary/aromatic N) is 1. The largest absolute Gasteiger partial charge is 0.497 e. The maximum atomic E-state index is 13.3. The lowest BCUT2D eigenvalue weighted by Crippen LogP contribution is -2.68. The first-order chi connectivity index (χ1) is 16.6. The second kappa shape index (κ2) is 9.92. The Kier molecular flexibility index (Phi) is 6.57. The normalized spacial score (nSPS) is 21.4. The maximum Gasteiger partial charge on any atom is 0.258 e. The molecule has 0 saturated carbocycles. The van der Waals surface area contributed by atoms with Crippen molar-refractivity contribution in [2.24, 2.45) is 5.92 Å². The number of hydrogen-bond acceptors (Lipinski definition) is 4. The van der Waals surface area contributed by atoms with Crippen molar-refractivity contribution in [3.8, 4) is 5.75 Å². The summed E-state index contributed by atoms with van der Waals surface area (Å²) in [4.78, 5) is 17.6. The molecular formula is C29H27NO3S. The highest BCUT2D eigenvalue weighted by atomic mass is 32.2. The van der Waals surface area contributed by atoms with E-state index in [2.05, 4.69) is 49.4 Å². The fraction of sp³-hybridized carbons (Fsp3) is 0.207. The van der Waals surface area contributed by atoms with E-state index >= 15 is 0 Å². The smallest absolute Gasteiger partial charge is 0.258 e. The van der Waals surface area contributed by atoms with Crippen molar-refractivity contribution < 1.29 is 14.3 Å². The van der Waals surface area contributed by atoms with Gasteiger partial charge in [-0.05, 0) is 53.8 Å². The second-order valence-corrected chi connectivity index (χ2v) is 9.66. The number of benzene rings is 3. The van der Waals surface area contributed by atoms with Crippen molar-refractivity contribution in [3.63, 3.8) is 0 Å². The number of carbonyl (C=O) groups excluding carboxylic acids is 1. The Hall–Kier alpha value is -3.28. The molecule has 0 bridgehead atoms. The van der Waals surface area contributed by atoms with E-state index in [1.165, 1.54) is 15.4 Å². The first kappa shape index (κ1) is 22.5. The SMILES string of the molecule is COc1ccc(N2C(=O)[C@H](OCc3ccccc3)[C@@H]2C2C=CC=C2Sc2ccc(C)cc2)cc1. The minimum absolute atomic E-state index is 0.00826. The van der Waals surface area contributed by atoms with Gasteiger partial charge in [-0.1, -0.05) is 78.0 Å². The molecule has 172 valence electrons. The van der Waals surface area contributed by atoms with Crippen LogP contribution >= 0.6 is 11.8 Å². The second-order valence-electron chi connectivity index (χ2n) is 8.51. The molecular weight excluding hydrogens is 442 g/mol. The van der Waals surface area contributed by atoms with Crippen LogP contribution in [0.5, 0.6) is 5.75 Å². The summed E-state index contributed by atoms with van der Waals surface area (Å²) in [6, 6.07) is 26.1. The van der Waals surface area contributed by atoms with Crippen LogP contribution in [-0.4, -0.2) is 25.2 Å². The molecule has 1 aliphatic heterocycles. The number of amides is 1. The van der Waals surface area contributed by atoms with E-state index in [0.29, 0.717) is 6.61 Å². The van der Waals surface area contributed by atoms with E-state index < -0.39 is 6.10 Å². The van der Waals surface area contributed by atoms with Crippen LogP contribution < -0.4 is 9.64 Å². The lowest BCUT2D eigenvalue weighted by Gasteiger charge is -2.49. The Labute approximate surface area is 204 Å². The van der Waals surface area contributed by atoms with Gasteiger partial charge in [0.1, 0.15) is 5.75 Å². The van der Waals surface area contributed by atoms with Gasteiger partial charge in [-0.15, -0.1) is 0 Å². The van der Waals surface area contributed by atoms with Crippen molar-refractivity contribution in [1.82, 2.24) is 0 Å². The van der Waals surface area contributed by atoms with Gasteiger partial charge >= 0.3 is 0 Å². The average Bonchev–Trinajstić information content (AvgIpc) is 3.32. The molecule has 2 aliphatic rings. The molecule has 5 rings (SSSR count). The Morgan fingerprint density at radius 1 is 0.941 bits per heavy atom. The minimum Gasteiger partial charge on any atom is -0.497 e. The fourth-order valence-electron chi connectivity index (χ4n) is 4.41. The molecule has 0 radical (unpaired) electrons. The zero-order valence-corrected chi connectivity index (χ0v) is 20.1. The first-order valence-electron chi connectivity index (χ1n) is 11.4. The van der Waals surface area contributed by atoms with Gasteiger partial charge in [-0.2, -0.15) is 0 Å². The highest BCUT2D eigenvalue weighted by Gasteiger charge is 2.53. The molecule has 0 spiro atoms. The summed E-state index contributed by atoms with van der Waals surface area (Å²) >= 11 is 1.75. The van der Waals surface area contributed by atoms with Crippen molar-refractivity contribution in [1.29, 1.82) is 0 Å². The molecule has 3 aromatic carbocycles. The van der Waals surface area contributed by atoms with Crippen LogP contribution in [0.1, 0.15) is 11.1 Å². The summed E-state index contributed by atoms with van der Waals surface area (Å²) < 4.78 is 11.5. The number of carbonyl (C=O) groups is 1. The van der Waals surface area contributed by atoms with Crippen LogP contribution in [0.3, 0.4) is 0 Å². The maximum absolute atomic E-state index is 13.3. The summed E-state index contributed by atoms with van der Waals surface area (Å²) in [5, 5.41) is 0. The molecule has 1 unspecified atom stereocenters. The van der Waals surface area contributed by atoms with Gasteiger partial charge in [0.2, 0.25) is 0 Å². The predicted octanol–water partition coefficient (Wildman–Crippen LogP) is 6.17. The Bertz CT molecular complexity index is 1200. The van der Waals surface area contributed by atoms with Crippen molar-refractivity contribution in [2.75, 3.05) is 12.0 Å². The number of rotatable bonds is 8. The van der Waals surface area contributed by atoms with E-state index in [9.17, 15) is 4.79 Å². The number of thioether (sulfide) groups is 1. The third-order valence-electron chi connectivity index (χ3n) is 6.24. The molecule has 3 atom stereocenters. The van der Waals surface area contributed by atoms with Crippen molar-refractivity contribution in [3.05, 3.63) is 113 Å². The molecule has 0 N–H and O–H groups in total. The fourth-order valence-corrected chi connectivity index (χ4v) is 5.45. The van der Waals surface area contributed by atoms with Crippen LogP contribution in [0.25, 0.3) is 0 Å². The molecule has 4 nitrogen and oxygen atoms in total. The molecule has 1 heterocycles. The number of β-lactam (4-membered cyclic amide) rings is 1. The molecule has 5 heteroatoms.